The van der Waals surface area contributed by atoms with Crippen molar-refractivity contribution in [3.63, 3.8) is 0 Å². The maximum atomic E-state index is 13.4. The van der Waals surface area contributed by atoms with Crippen molar-refractivity contribution in [1.82, 2.24) is 5.32 Å². The van der Waals surface area contributed by atoms with Crippen LogP contribution in [0.4, 0.5) is 4.39 Å². The summed E-state index contributed by atoms with van der Waals surface area (Å²) in [5.41, 5.74) is 0.602. The van der Waals surface area contributed by atoms with Crippen molar-refractivity contribution in [2.24, 2.45) is 0 Å². The van der Waals surface area contributed by atoms with Gasteiger partial charge in [-0.3, -0.25) is 4.79 Å². The van der Waals surface area contributed by atoms with Crippen molar-refractivity contribution < 1.29 is 14.3 Å². The van der Waals surface area contributed by atoms with Crippen molar-refractivity contribution in [3.8, 4) is 0 Å². The van der Waals surface area contributed by atoms with Crippen LogP contribution in [0.15, 0.2) is 12.1 Å². The van der Waals surface area contributed by atoms with Gasteiger partial charge in [-0.1, -0.05) is 0 Å². The number of amides is 1. The molecule has 1 aromatic rings. The number of halogens is 1. The maximum Gasteiger partial charge on any atom is 0.251 e. The molecule has 0 unspecified atom stereocenters. The summed E-state index contributed by atoms with van der Waals surface area (Å²) >= 11 is 0. The molecule has 0 radical (unpaired) electrons. The molecule has 0 bridgehead atoms. The summed E-state index contributed by atoms with van der Waals surface area (Å²) < 4.78 is 13.4. The van der Waals surface area contributed by atoms with Crippen LogP contribution in [0, 0.1) is 19.7 Å². The number of rotatable bonds is 3. The van der Waals surface area contributed by atoms with Crippen LogP contribution in [0.3, 0.4) is 0 Å². The quantitative estimate of drug-likeness (QED) is 0.847. The van der Waals surface area contributed by atoms with Gasteiger partial charge in [-0.2, -0.15) is 0 Å². The fraction of sp³-hybridized carbons (Fsp3) is 0.462. The monoisotopic (exact) mass is 239 g/mol. The Morgan fingerprint density at radius 3 is 2.24 bits per heavy atom. The lowest BCUT2D eigenvalue weighted by molar-refractivity contribution is 0.0869. The van der Waals surface area contributed by atoms with Gasteiger partial charge in [0.15, 0.2) is 0 Å². The predicted molar refractivity (Wildman–Crippen MR) is 64.5 cm³/mol. The van der Waals surface area contributed by atoms with Crippen LogP contribution in [0.2, 0.25) is 0 Å². The molecule has 0 spiro atoms. The average molecular weight is 239 g/mol. The third-order valence-corrected chi connectivity index (χ3v) is 2.55. The topological polar surface area (TPSA) is 49.3 Å². The molecule has 0 aliphatic carbocycles. The number of aliphatic hydroxyl groups is 1. The van der Waals surface area contributed by atoms with E-state index in [1.165, 1.54) is 12.1 Å². The van der Waals surface area contributed by atoms with Gasteiger partial charge in [0.05, 0.1) is 12.1 Å². The van der Waals surface area contributed by atoms with Crippen molar-refractivity contribution in [2.45, 2.75) is 33.2 Å². The molecule has 0 saturated carbocycles. The highest BCUT2D eigenvalue weighted by Gasteiger charge is 2.20. The predicted octanol–water partition coefficient (Wildman–Crippen LogP) is 1.94. The summed E-state index contributed by atoms with van der Waals surface area (Å²) in [7, 11) is 0. The summed E-state index contributed by atoms with van der Waals surface area (Å²) in [6, 6.07) is 3.01. The van der Waals surface area contributed by atoms with Crippen molar-refractivity contribution in [2.75, 3.05) is 6.61 Å². The van der Waals surface area contributed by atoms with E-state index in [0.717, 1.165) is 0 Å². The van der Waals surface area contributed by atoms with E-state index in [9.17, 15) is 9.18 Å². The molecule has 0 heterocycles. The first kappa shape index (κ1) is 13.6. The van der Waals surface area contributed by atoms with Crippen LogP contribution in [0.5, 0.6) is 0 Å². The summed E-state index contributed by atoms with van der Waals surface area (Å²) in [5, 5.41) is 11.8. The number of carbonyl (C=O) groups is 1. The highest BCUT2D eigenvalue weighted by molar-refractivity contribution is 5.95. The Kier molecular flexibility index (Phi) is 3.88. The maximum absolute atomic E-state index is 13.4. The fourth-order valence-corrected chi connectivity index (χ4v) is 1.50. The second-order valence-corrected chi connectivity index (χ2v) is 4.92. The van der Waals surface area contributed by atoms with Crippen LogP contribution in [0.1, 0.15) is 35.3 Å². The molecule has 0 aliphatic heterocycles. The molecule has 0 atom stereocenters. The zero-order chi connectivity index (χ0) is 13.2. The first-order chi connectivity index (χ1) is 7.76. The van der Waals surface area contributed by atoms with E-state index < -0.39 is 5.54 Å². The number of carbonyl (C=O) groups excluding carboxylic acids is 1. The van der Waals surface area contributed by atoms with Gasteiger partial charge < -0.3 is 10.4 Å². The SMILES string of the molecule is Cc1cc(C(=O)NC(C)(C)CO)cc(C)c1F. The summed E-state index contributed by atoms with van der Waals surface area (Å²) in [4.78, 5) is 11.9. The van der Waals surface area contributed by atoms with Crippen LogP contribution < -0.4 is 5.32 Å². The van der Waals surface area contributed by atoms with E-state index >= 15 is 0 Å². The summed E-state index contributed by atoms with van der Waals surface area (Å²) in [5.74, 6) is -0.599. The van der Waals surface area contributed by atoms with E-state index in [-0.39, 0.29) is 18.3 Å². The highest BCUT2D eigenvalue weighted by atomic mass is 19.1. The Bertz CT molecular complexity index is 418. The van der Waals surface area contributed by atoms with E-state index in [4.69, 9.17) is 5.11 Å². The standard InChI is InChI=1S/C13H18FNO2/c1-8-5-10(6-9(2)11(8)14)12(17)15-13(3,4)7-16/h5-6,16H,7H2,1-4H3,(H,15,17). The number of aryl methyl sites for hydroxylation is 2. The van der Waals surface area contributed by atoms with E-state index in [1.54, 1.807) is 27.7 Å². The Morgan fingerprint density at radius 1 is 1.35 bits per heavy atom. The molecule has 94 valence electrons. The fourth-order valence-electron chi connectivity index (χ4n) is 1.50. The van der Waals surface area contributed by atoms with Crippen molar-refractivity contribution in [3.05, 3.63) is 34.6 Å². The first-order valence-electron chi connectivity index (χ1n) is 5.47. The Morgan fingerprint density at radius 2 is 1.82 bits per heavy atom. The molecule has 4 heteroatoms. The number of hydrogen-bond acceptors (Lipinski definition) is 2. The van der Waals surface area contributed by atoms with Crippen LogP contribution >= 0.6 is 0 Å². The molecule has 1 aromatic carbocycles. The first-order valence-corrected chi connectivity index (χ1v) is 5.47. The molecule has 0 saturated heterocycles. The summed E-state index contributed by atoms with van der Waals surface area (Å²) in [6.07, 6.45) is 0. The second-order valence-electron chi connectivity index (χ2n) is 4.92. The van der Waals surface area contributed by atoms with Gasteiger partial charge in [-0.25, -0.2) is 4.39 Å². The molecule has 1 amide bonds. The Labute approximate surface area is 101 Å². The van der Waals surface area contributed by atoms with Crippen LogP contribution in [0.25, 0.3) is 0 Å². The summed E-state index contributed by atoms with van der Waals surface area (Å²) in [6.45, 7) is 6.52. The number of hydrogen-bond donors (Lipinski definition) is 2. The minimum Gasteiger partial charge on any atom is -0.394 e. The average Bonchev–Trinajstić information content (AvgIpc) is 2.24. The van der Waals surface area contributed by atoms with E-state index in [2.05, 4.69) is 5.32 Å². The third-order valence-electron chi connectivity index (χ3n) is 2.55. The van der Waals surface area contributed by atoms with Crippen LogP contribution in [-0.2, 0) is 0 Å². The molecule has 17 heavy (non-hydrogen) atoms. The lowest BCUT2D eigenvalue weighted by Gasteiger charge is -2.23. The smallest absolute Gasteiger partial charge is 0.251 e. The Balaban J connectivity index is 2.98. The molecule has 0 aliphatic rings. The third kappa shape index (κ3) is 3.27. The van der Waals surface area contributed by atoms with Crippen molar-refractivity contribution in [1.29, 1.82) is 0 Å². The second kappa shape index (κ2) is 4.84. The number of nitrogens with one attached hydrogen (secondary N) is 1. The molecular formula is C13H18FNO2. The largest absolute Gasteiger partial charge is 0.394 e. The lowest BCUT2D eigenvalue weighted by atomic mass is 10.0. The van der Waals surface area contributed by atoms with Gasteiger partial charge in [0, 0.05) is 5.56 Å². The van der Waals surface area contributed by atoms with E-state index in [1.807, 2.05) is 0 Å². The molecule has 2 N–H and O–H groups in total. The lowest BCUT2D eigenvalue weighted by Crippen LogP contribution is -2.46. The molecule has 1 rings (SSSR count). The minimum atomic E-state index is -0.687. The van der Waals surface area contributed by atoms with Gasteiger partial charge in [0.25, 0.3) is 5.91 Å². The molecule has 3 nitrogen and oxygen atoms in total. The molecular weight excluding hydrogens is 221 g/mol. The highest BCUT2D eigenvalue weighted by Crippen LogP contribution is 2.15. The minimum absolute atomic E-state index is 0.155. The van der Waals surface area contributed by atoms with E-state index in [0.29, 0.717) is 16.7 Å². The zero-order valence-corrected chi connectivity index (χ0v) is 10.6. The zero-order valence-electron chi connectivity index (χ0n) is 10.6. The van der Waals surface area contributed by atoms with Gasteiger partial charge in [-0.15, -0.1) is 0 Å². The Hall–Kier alpha value is -1.42. The van der Waals surface area contributed by atoms with Gasteiger partial charge in [0.1, 0.15) is 5.82 Å². The molecule has 0 aromatic heterocycles. The number of aliphatic hydroxyl groups excluding tert-OH is 1. The van der Waals surface area contributed by atoms with Crippen LogP contribution in [-0.4, -0.2) is 23.2 Å². The van der Waals surface area contributed by atoms with Crippen molar-refractivity contribution >= 4 is 5.91 Å². The number of benzene rings is 1. The van der Waals surface area contributed by atoms with Gasteiger partial charge >= 0.3 is 0 Å². The molecule has 0 fully saturated rings. The van der Waals surface area contributed by atoms with Gasteiger partial charge in [-0.05, 0) is 51.0 Å². The van der Waals surface area contributed by atoms with Gasteiger partial charge in [0.2, 0.25) is 0 Å². The normalized spacial score (nSPS) is 11.4.